The molecule has 0 radical (unpaired) electrons. The molecule has 3 aromatic heterocycles. The van der Waals surface area contributed by atoms with E-state index in [9.17, 15) is 4.79 Å². The zero-order valence-electron chi connectivity index (χ0n) is 10.2. The minimum Gasteiger partial charge on any atom is -0.325 e. The molecule has 9 heteroatoms. The normalized spacial score (nSPS) is 11.5. The summed E-state index contributed by atoms with van der Waals surface area (Å²) in [5.41, 5.74) is 6.51. The van der Waals surface area contributed by atoms with Gasteiger partial charge in [-0.3, -0.25) is 8.97 Å². The highest BCUT2D eigenvalue weighted by atomic mass is 32.2. The van der Waals surface area contributed by atoms with Gasteiger partial charge < -0.3 is 5.73 Å². The van der Waals surface area contributed by atoms with Crippen molar-refractivity contribution in [1.29, 1.82) is 0 Å². The number of aromatic nitrogens is 5. The van der Waals surface area contributed by atoms with E-state index in [0.717, 1.165) is 15.7 Å². The number of rotatable bonds is 4. The third-order valence-corrected chi connectivity index (χ3v) is 4.52. The van der Waals surface area contributed by atoms with Gasteiger partial charge in [0, 0.05) is 24.7 Å². The van der Waals surface area contributed by atoms with Gasteiger partial charge in [0.05, 0.1) is 5.69 Å². The van der Waals surface area contributed by atoms with E-state index in [2.05, 4.69) is 15.2 Å². The second-order valence-electron chi connectivity index (χ2n) is 3.78. The van der Waals surface area contributed by atoms with Gasteiger partial charge in [-0.1, -0.05) is 0 Å². The maximum absolute atomic E-state index is 11.5. The molecule has 0 atom stereocenters. The van der Waals surface area contributed by atoms with Gasteiger partial charge in [-0.05, 0) is 18.7 Å². The van der Waals surface area contributed by atoms with E-state index in [1.807, 2.05) is 22.9 Å². The number of hydrogen-bond donors (Lipinski definition) is 2. The average molecular weight is 296 g/mol. The van der Waals surface area contributed by atoms with Crippen LogP contribution in [0.4, 0.5) is 0 Å². The van der Waals surface area contributed by atoms with Crippen molar-refractivity contribution in [2.75, 3.05) is 0 Å². The van der Waals surface area contributed by atoms with Gasteiger partial charge in [-0.25, -0.2) is 14.9 Å². The fourth-order valence-electron chi connectivity index (χ4n) is 1.83. The van der Waals surface area contributed by atoms with E-state index >= 15 is 0 Å². The topological polar surface area (TPSA) is 94.0 Å². The van der Waals surface area contributed by atoms with Crippen LogP contribution in [0.1, 0.15) is 12.6 Å². The molecule has 0 aliphatic carbocycles. The monoisotopic (exact) mass is 296 g/mol. The first-order valence-electron chi connectivity index (χ1n) is 5.72. The molecule has 3 rings (SSSR count). The Hall–Kier alpha value is -1.58. The van der Waals surface area contributed by atoms with Crippen molar-refractivity contribution in [3.8, 4) is 0 Å². The second kappa shape index (κ2) is 4.83. The standard InChI is InChI=1S/C10H12N6OS2/c1-2-15-8(17)13-14-10(15)19-7-6(5-11)16-3-4-18-9(16)12-7/h3-4H,2,5,11H2,1H3,(H,13,17). The van der Waals surface area contributed by atoms with Gasteiger partial charge in [0.2, 0.25) is 0 Å². The molecule has 0 saturated heterocycles. The van der Waals surface area contributed by atoms with Crippen LogP contribution in [0.5, 0.6) is 0 Å². The highest BCUT2D eigenvalue weighted by molar-refractivity contribution is 7.99. The third-order valence-electron chi connectivity index (χ3n) is 2.75. The summed E-state index contributed by atoms with van der Waals surface area (Å²) in [7, 11) is 0. The molecule has 0 amide bonds. The number of fused-ring (bicyclic) bond motifs is 1. The smallest absolute Gasteiger partial charge is 0.325 e. The number of imidazole rings is 1. The van der Waals surface area contributed by atoms with Crippen LogP contribution in [-0.2, 0) is 13.1 Å². The number of hydrogen-bond acceptors (Lipinski definition) is 6. The first kappa shape index (κ1) is 12.5. The van der Waals surface area contributed by atoms with E-state index in [4.69, 9.17) is 5.73 Å². The van der Waals surface area contributed by atoms with Gasteiger partial charge >= 0.3 is 5.69 Å². The Balaban J connectivity index is 2.05. The maximum atomic E-state index is 11.5. The summed E-state index contributed by atoms with van der Waals surface area (Å²) in [4.78, 5) is 16.9. The van der Waals surface area contributed by atoms with Crippen molar-refractivity contribution in [1.82, 2.24) is 24.1 Å². The van der Waals surface area contributed by atoms with Crippen LogP contribution in [0.25, 0.3) is 4.96 Å². The summed E-state index contributed by atoms with van der Waals surface area (Å²) in [5, 5.41) is 9.82. The van der Waals surface area contributed by atoms with Crippen molar-refractivity contribution in [3.63, 3.8) is 0 Å². The summed E-state index contributed by atoms with van der Waals surface area (Å²) in [6.45, 7) is 2.86. The van der Waals surface area contributed by atoms with Crippen molar-refractivity contribution in [3.05, 3.63) is 27.8 Å². The van der Waals surface area contributed by atoms with Crippen LogP contribution < -0.4 is 11.4 Å². The number of nitrogens with one attached hydrogen (secondary N) is 1. The van der Waals surface area contributed by atoms with Crippen LogP contribution in [-0.4, -0.2) is 24.1 Å². The molecule has 19 heavy (non-hydrogen) atoms. The first-order valence-corrected chi connectivity index (χ1v) is 7.41. The maximum Gasteiger partial charge on any atom is 0.343 e. The van der Waals surface area contributed by atoms with Crippen molar-refractivity contribution >= 4 is 28.1 Å². The van der Waals surface area contributed by atoms with Crippen LogP contribution >= 0.6 is 23.1 Å². The Bertz CT molecular complexity index is 767. The highest BCUT2D eigenvalue weighted by Gasteiger charge is 2.16. The zero-order chi connectivity index (χ0) is 13.4. The summed E-state index contributed by atoms with van der Waals surface area (Å²) in [6, 6.07) is 0. The highest BCUT2D eigenvalue weighted by Crippen LogP contribution is 2.29. The summed E-state index contributed by atoms with van der Waals surface area (Å²) >= 11 is 2.91. The average Bonchev–Trinajstić information content (AvgIpc) is 3.04. The molecule has 0 aliphatic heterocycles. The van der Waals surface area contributed by atoms with Crippen LogP contribution in [0.2, 0.25) is 0 Å². The molecular weight excluding hydrogens is 284 g/mol. The Morgan fingerprint density at radius 1 is 1.58 bits per heavy atom. The van der Waals surface area contributed by atoms with Crippen molar-refractivity contribution in [2.24, 2.45) is 5.73 Å². The van der Waals surface area contributed by atoms with Crippen LogP contribution in [0, 0.1) is 0 Å². The molecule has 0 aromatic carbocycles. The lowest BCUT2D eigenvalue weighted by atomic mass is 10.5. The van der Waals surface area contributed by atoms with E-state index in [-0.39, 0.29) is 5.69 Å². The van der Waals surface area contributed by atoms with Gasteiger partial charge in [0.1, 0.15) is 5.03 Å². The Morgan fingerprint density at radius 2 is 2.42 bits per heavy atom. The summed E-state index contributed by atoms with van der Waals surface area (Å²) < 4.78 is 3.53. The Labute approximate surface area is 116 Å². The Kier molecular flexibility index (Phi) is 3.17. The molecule has 3 heterocycles. The largest absolute Gasteiger partial charge is 0.343 e. The summed E-state index contributed by atoms with van der Waals surface area (Å²) in [6.07, 6.45) is 1.94. The van der Waals surface area contributed by atoms with E-state index in [1.54, 1.807) is 15.9 Å². The minimum absolute atomic E-state index is 0.208. The SMILES string of the molecule is CCn1c(Sc2nc3sccn3c2CN)n[nH]c1=O. The quantitative estimate of drug-likeness (QED) is 0.746. The van der Waals surface area contributed by atoms with Gasteiger partial charge in [0.25, 0.3) is 0 Å². The van der Waals surface area contributed by atoms with E-state index in [0.29, 0.717) is 18.2 Å². The molecule has 0 saturated carbocycles. The molecule has 0 unspecified atom stereocenters. The number of thiazole rings is 1. The molecule has 3 N–H and O–H groups in total. The number of aromatic amines is 1. The summed E-state index contributed by atoms with van der Waals surface area (Å²) in [5.74, 6) is 0. The van der Waals surface area contributed by atoms with Crippen molar-refractivity contribution < 1.29 is 0 Å². The molecule has 0 aliphatic rings. The fourth-order valence-corrected chi connectivity index (χ4v) is 3.64. The van der Waals surface area contributed by atoms with Gasteiger partial charge in [-0.15, -0.1) is 16.4 Å². The van der Waals surface area contributed by atoms with E-state index < -0.39 is 0 Å². The van der Waals surface area contributed by atoms with Crippen molar-refractivity contribution in [2.45, 2.75) is 30.2 Å². The number of H-pyrrole nitrogens is 1. The number of nitrogens with zero attached hydrogens (tertiary/aromatic N) is 4. The molecule has 0 fully saturated rings. The lowest BCUT2D eigenvalue weighted by molar-refractivity contribution is 0.660. The predicted molar refractivity (Wildman–Crippen MR) is 73.6 cm³/mol. The van der Waals surface area contributed by atoms with Gasteiger partial charge in [-0.2, -0.15) is 0 Å². The lowest BCUT2D eigenvalue weighted by Crippen LogP contribution is -2.16. The first-order chi connectivity index (χ1) is 9.24. The minimum atomic E-state index is -0.208. The van der Waals surface area contributed by atoms with Crippen LogP contribution in [0.3, 0.4) is 0 Å². The van der Waals surface area contributed by atoms with Gasteiger partial charge in [0.15, 0.2) is 10.1 Å². The molecule has 7 nitrogen and oxygen atoms in total. The fraction of sp³-hybridized carbons (Fsp3) is 0.300. The molecular formula is C10H12N6OS2. The van der Waals surface area contributed by atoms with Crippen LogP contribution in [0.15, 0.2) is 26.6 Å². The second-order valence-corrected chi connectivity index (χ2v) is 5.61. The van der Waals surface area contributed by atoms with E-state index in [1.165, 1.54) is 11.8 Å². The number of nitrogens with two attached hydrogens (primary N) is 1. The third kappa shape index (κ3) is 1.99. The molecule has 100 valence electrons. The molecule has 3 aromatic rings. The molecule has 0 spiro atoms. The molecule has 0 bridgehead atoms. The zero-order valence-corrected chi connectivity index (χ0v) is 11.8. The Morgan fingerprint density at radius 3 is 3.16 bits per heavy atom. The lowest BCUT2D eigenvalue weighted by Gasteiger charge is -2.01. The predicted octanol–water partition coefficient (Wildman–Crippen LogP) is 0.910.